The summed E-state index contributed by atoms with van der Waals surface area (Å²) in [5, 5.41) is 11.2. The summed E-state index contributed by atoms with van der Waals surface area (Å²) in [6, 6.07) is 19.6. The predicted octanol–water partition coefficient (Wildman–Crippen LogP) is 5.35. The van der Waals surface area contributed by atoms with Gasteiger partial charge in [0.15, 0.2) is 0 Å². The molecule has 1 N–H and O–H groups in total. The fourth-order valence-electron chi connectivity index (χ4n) is 5.65. The van der Waals surface area contributed by atoms with E-state index in [1.165, 1.54) is 0 Å². The highest BCUT2D eigenvalue weighted by Gasteiger charge is 2.59. The molecule has 2 saturated carbocycles. The molecule has 4 heteroatoms. The topological polar surface area (TPSA) is 46.5 Å². The SMILES string of the molecule is CC(C)C1C2CC(C(O[C@@H](c3ccccc3)[C@@H](O)c3ccccc3)C2Br)[C@H]1C=O. The molecule has 0 saturated heterocycles. The number of carbonyl (C=O) groups is 1. The van der Waals surface area contributed by atoms with Crippen LogP contribution in [0, 0.1) is 29.6 Å². The Labute approximate surface area is 181 Å². The number of hydrogen-bond acceptors (Lipinski definition) is 3. The van der Waals surface area contributed by atoms with Gasteiger partial charge < -0.3 is 14.6 Å². The number of aliphatic hydroxyl groups is 1. The molecule has 2 aliphatic rings. The summed E-state index contributed by atoms with van der Waals surface area (Å²) < 4.78 is 6.66. The van der Waals surface area contributed by atoms with Crippen molar-refractivity contribution < 1.29 is 14.6 Å². The summed E-state index contributed by atoms with van der Waals surface area (Å²) in [5.41, 5.74) is 1.79. The lowest BCUT2D eigenvalue weighted by molar-refractivity contribution is -0.127. The van der Waals surface area contributed by atoms with Crippen molar-refractivity contribution >= 4 is 22.2 Å². The van der Waals surface area contributed by atoms with Crippen molar-refractivity contribution in [2.45, 2.75) is 43.4 Å². The van der Waals surface area contributed by atoms with Crippen LogP contribution >= 0.6 is 15.9 Å². The number of carbonyl (C=O) groups excluding carboxylic acids is 1. The molecule has 0 aromatic heterocycles. The van der Waals surface area contributed by atoms with Gasteiger partial charge in [0.25, 0.3) is 0 Å². The second-order valence-electron chi connectivity index (χ2n) is 8.83. The molecule has 3 nitrogen and oxygen atoms in total. The first-order valence-corrected chi connectivity index (χ1v) is 11.5. The summed E-state index contributed by atoms with van der Waals surface area (Å²) in [7, 11) is 0. The van der Waals surface area contributed by atoms with Crippen molar-refractivity contribution in [1.29, 1.82) is 0 Å². The van der Waals surface area contributed by atoms with E-state index in [2.05, 4.69) is 29.8 Å². The van der Waals surface area contributed by atoms with Gasteiger partial charge in [-0.15, -0.1) is 0 Å². The number of fused-ring (bicyclic) bond motifs is 2. The third-order valence-electron chi connectivity index (χ3n) is 6.91. The van der Waals surface area contributed by atoms with Crippen molar-refractivity contribution in [1.82, 2.24) is 0 Å². The lowest BCUT2D eigenvalue weighted by Crippen LogP contribution is -2.44. The predicted molar refractivity (Wildman–Crippen MR) is 118 cm³/mol. The number of benzene rings is 2. The highest BCUT2D eigenvalue weighted by atomic mass is 79.9. The molecule has 29 heavy (non-hydrogen) atoms. The van der Waals surface area contributed by atoms with Crippen LogP contribution in [0.1, 0.15) is 43.6 Å². The van der Waals surface area contributed by atoms with E-state index < -0.39 is 12.2 Å². The summed E-state index contributed by atoms with van der Waals surface area (Å²) >= 11 is 3.91. The van der Waals surface area contributed by atoms with E-state index >= 15 is 0 Å². The fraction of sp³-hybridized carbons (Fsp3) is 0.480. The molecule has 4 rings (SSSR count). The van der Waals surface area contributed by atoms with Gasteiger partial charge in [0.2, 0.25) is 0 Å². The molecular formula is C25H29BrO3. The summed E-state index contributed by atoms with van der Waals surface area (Å²) in [6.45, 7) is 4.42. The van der Waals surface area contributed by atoms with Crippen LogP contribution in [0.15, 0.2) is 60.7 Å². The average molecular weight is 457 g/mol. The Morgan fingerprint density at radius 1 is 1.00 bits per heavy atom. The molecule has 0 spiro atoms. The zero-order chi connectivity index (χ0) is 20.5. The zero-order valence-corrected chi connectivity index (χ0v) is 18.5. The largest absolute Gasteiger partial charge is 0.385 e. The Morgan fingerprint density at radius 3 is 2.14 bits per heavy atom. The van der Waals surface area contributed by atoms with Crippen LogP contribution in [0.4, 0.5) is 0 Å². The van der Waals surface area contributed by atoms with Gasteiger partial charge in [-0.1, -0.05) is 90.4 Å². The number of ether oxygens (including phenoxy) is 1. The average Bonchev–Trinajstić information content (AvgIpc) is 3.28. The van der Waals surface area contributed by atoms with Crippen LogP contribution in [0.3, 0.4) is 0 Å². The molecule has 2 aliphatic carbocycles. The maximum atomic E-state index is 12.0. The van der Waals surface area contributed by atoms with Crippen LogP contribution in [0.25, 0.3) is 0 Å². The Bertz CT molecular complexity index is 809. The van der Waals surface area contributed by atoms with E-state index in [1.54, 1.807) is 0 Å². The van der Waals surface area contributed by atoms with Gasteiger partial charge >= 0.3 is 0 Å². The van der Waals surface area contributed by atoms with Gasteiger partial charge in [0.05, 0.1) is 6.10 Å². The molecular weight excluding hydrogens is 428 g/mol. The van der Waals surface area contributed by atoms with E-state index in [0.29, 0.717) is 17.8 Å². The fourth-order valence-corrected chi connectivity index (χ4v) is 6.74. The third kappa shape index (κ3) is 3.83. The van der Waals surface area contributed by atoms with Gasteiger partial charge in [0.1, 0.15) is 18.5 Å². The quantitative estimate of drug-likeness (QED) is 0.451. The first-order valence-electron chi connectivity index (χ1n) is 10.6. The van der Waals surface area contributed by atoms with Gasteiger partial charge in [-0.25, -0.2) is 0 Å². The third-order valence-corrected chi connectivity index (χ3v) is 8.11. The number of rotatable bonds is 7. The molecule has 154 valence electrons. The molecule has 0 amide bonds. The highest BCUT2D eigenvalue weighted by Crippen LogP contribution is 2.58. The second kappa shape index (κ2) is 8.71. The molecule has 0 aliphatic heterocycles. The smallest absolute Gasteiger partial charge is 0.123 e. The van der Waals surface area contributed by atoms with Gasteiger partial charge in [0, 0.05) is 10.7 Å². The molecule has 5 unspecified atom stereocenters. The highest BCUT2D eigenvalue weighted by molar-refractivity contribution is 9.09. The molecule has 0 radical (unpaired) electrons. The van der Waals surface area contributed by atoms with Crippen LogP contribution in [0.2, 0.25) is 0 Å². The van der Waals surface area contributed by atoms with E-state index in [-0.39, 0.29) is 22.8 Å². The van der Waals surface area contributed by atoms with Crippen molar-refractivity contribution in [2.75, 3.05) is 0 Å². The van der Waals surface area contributed by atoms with Crippen LogP contribution < -0.4 is 0 Å². The zero-order valence-electron chi connectivity index (χ0n) is 16.9. The lowest BCUT2D eigenvalue weighted by Gasteiger charge is -2.40. The molecule has 2 bridgehead atoms. The summed E-state index contributed by atoms with van der Waals surface area (Å²) in [6.07, 6.45) is 0.820. The van der Waals surface area contributed by atoms with Gasteiger partial charge in [-0.3, -0.25) is 0 Å². The Hall–Kier alpha value is -1.49. The Balaban J connectivity index is 1.63. The number of alkyl halides is 1. The van der Waals surface area contributed by atoms with Crippen molar-refractivity contribution in [3.05, 3.63) is 71.8 Å². The monoisotopic (exact) mass is 456 g/mol. The van der Waals surface area contributed by atoms with Crippen LogP contribution in [-0.2, 0) is 9.53 Å². The van der Waals surface area contributed by atoms with Crippen molar-refractivity contribution in [3.8, 4) is 0 Å². The summed E-state index contributed by atoms with van der Waals surface area (Å²) in [4.78, 5) is 12.2. The first-order chi connectivity index (χ1) is 14.0. The first kappa shape index (κ1) is 20.8. The molecule has 0 heterocycles. The number of aliphatic hydroxyl groups excluding tert-OH is 1. The van der Waals surface area contributed by atoms with Crippen molar-refractivity contribution in [3.63, 3.8) is 0 Å². The Kier molecular flexibility index (Phi) is 6.24. The Morgan fingerprint density at radius 2 is 1.59 bits per heavy atom. The summed E-state index contributed by atoms with van der Waals surface area (Å²) in [5.74, 6) is 1.54. The maximum Gasteiger partial charge on any atom is 0.123 e. The lowest BCUT2D eigenvalue weighted by atomic mass is 9.73. The number of hydrogen-bond donors (Lipinski definition) is 1. The normalized spacial score (nSPS) is 33.0. The molecule has 2 aromatic rings. The van der Waals surface area contributed by atoms with Crippen molar-refractivity contribution in [2.24, 2.45) is 29.6 Å². The van der Waals surface area contributed by atoms with Gasteiger partial charge in [-0.2, -0.15) is 0 Å². The minimum absolute atomic E-state index is 0.0316. The molecule has 2 fully saturated rings. The van der Waals surface area contributed by atoms with E-state index in [9.17, 15) is 9.90 Å². The standard InChI is InChI=1S/C25H29BrO3/c1-15(2)21-19-13-18(20(21)14-27)25(22(19)26)29-24(17-11-7-4-8-12-17)23(28)16-9-5-3-6-10-16/h3-12,14-15,18-25,28H,13H2,1-2H3/t18?,19?,20-,21?,22?,23+,24+,25?/m1/s1. The van der Waals surface area contributed by atoms with E-state index in [1.807, 2.05) is 60.7 Å². The van der Waals surface area contributed by atoms with Crippen LogP contribution in [0.5, 0.6) is 0 Å². The maximum absolute atomic E-state index is 12.0. The number of aldehydes is 1. The number of halogens is 1. The van der Waals surface area contributed by atoms with E-state index in [0.717, 1.165) is 23.8 Å². The van der Waals surface area contributed by atoms with Crippen LogP contribution in [-0.4, -0.2) is 22.3 Å². The van der Waals surface area contributed by atoms with E-state index in [4.69, 9.17) is 4.74 Å². The second-order valence-corrected chi connectivity index (χ2v) is 9.89. The van der Waals surface area contributed by atoms with Gasteiger partial charge in [-0.05, 0) is 41.2 Å². The molecule has 2 aromatic carbocycles. The minimum atomic E-state index is -0.770. The minimum Gasteiger partial charge on any atom is -0.385 e. The molecule has 8 atom stereocenters.